The molecular formula is C78H125F5N12O14. The van der Waals surface area contributed by atoms with Crippen molar-refractivity contribution in [1.82, 2.24) is 60.0 Å². The van der Waals surface area contributed by atoms with E-state index < -0.39 is 223 Å². The molecule has 4 saturated carbocycles. The van der Waals surface area contributed by atoms with Crippen LogP contribution >= 0.6 is 0 Å². The second-order valence-electron chi connectivity index (χ2n) is 34.5. The molecular weight excluding hydrogens is 1420 g/mol. The lowest BCUT2D eigenvalue weighted by Crippen LogP contribution is -2.71. The standard InChI is InChI=1S/C78H125F5N12O14/c1-18-47(5)65-73(106)94(50-30-31-50)42-63(98)89(14)55-24-22-21-23-33-93(72(55)105)58(36-48-27-25-46(4)26-28-48)70(103)88(13)41-61(96)84-54(32-29-49-34-52(79)64(53(80)35-49)78(81,82)83)68(101)95-40-51(109-20-3)37-56(95)67(100)86-77(44-76(9,10)45-77)74(107)92(17)59(39-75(6,7)8)71(104)91(16)57(69(102)87(11)12)38-62(97)90(15)60(43-108-19-2)66(99)85-65/h21-22,46-60,64-65H,18-20,23-45H2,1-17H3,(H,84,96)(H,85,99)(H,86,100)/b22-21-/t46?,47-,48?,49?,51+,52?,53?,54-,55-,56-,57-,58-,59-,60-,64?,65-/m0/s1. The normalized spacial score (nSPS) is 32.0. The summed E-state index contributed by atoms with van der Waals surface area (Å²) in [6.45, 7) is 16.7. The number of nitrogens with one attached hydrogen (secondary N) is 3. The summed E-state index contributed by atoms with van der Waals surface area (Å²) < 4.78 is 85.0. The average molecular weight is 1550 g/mol. The van der Waals surface area contributed by atoms with E-state index in [9.17, 15) is 37.1 Å². The number of likely N-dealkylation sites (N-methyl/N-ethyl adjacent to an activating group) is 6. The van der Waals surface area contributed by atoms with Crippen LogP contribution in [0, 0.1) is 40.4 Å². The first-order valence-corrected chi connectivity index (χ1v) is 39.4. The van der Waals surface area contributed by atoms with Crippen molar-refractivity contribution in [3.63, 3.8) is 0 Å². The van der Waals surface area contributed by atoms with Gasteiger partial charge in [-0.05, 0) is 125 Å². The Morgan fingerprint density at radius 2 is 1.30 bits per heavy atom. The number of carbonyl (C=O) groups is 12. The van der Waals surface area contributed by atoms with Crippen LogP contribution in [0.1, 0.15) is 191 Å². The number of carbonyl (C=O) groups excluding carboxylic acids is 12. The number of nitrogens with zero attached hydrogens (tertiary/aromatic N) is 9. The zero-order valence-corrected chi connectivity index (χ0v) is 67.5. The number of rotatable bonds is 15. The maximum atomic E-state index is 15.7. The molecule has 0 radical (unpaired) electrons. The lowest BCUT2D eigenvalue weighted by atomic mass is 9.58. The predicted octanol–water partition coefficient (Wildman–Crippen LogP) is 6.21. The summed E-state index contributed by atoms with van der Waals surface area (Å²) in [7, 11) is 9.74. The third kappa shape index (κ3) is 22.4. The summed E-state index contributed by atoms with van der Waals surface area (Å²) in [5.74, 6) is -13.0. The molecule has 3 heterocycles. The predicted molar refractivity (Wildman–Crippen MR) is 396 cm³/mol. The molecule has 2 bridgehead atoms. The van der Waals surface area contributed by atoms with Crippen molar-refractivity contribution >= 4 is 70.9 Å². The first-order valence-electron chi connectivity index (χ1n) is 39.4. The van der Waals surface area contributed by atoms with Crippen LogP contribution < -0.4 is 16.0 Å². The molecule has 0 aromatic rings. The Morgan fingerprint density at radius 3 is 1.86 bits per heavy atom. The lowest BCUT2D eigenvalue weighted by Gasteiger charge is -2.54. The van der Waals surface area contributed by atoms with Crippen LogP contribution in [0.15, 0.2) is 12.2 Å². The van der Waals surface area contributed by atoms with E-state index in [0.717, 1.165) is 40.4 Å². The number of fused-ring (bicyclic) bond motifs is 3. The van der Waals surface area contributed by atoms with E-state index in [-0.39, 0.29) is 83.8 Å². The summed E-state index contributed by atoms with van der Waals surface area (Å²) in [6.07, 6.45) is -5.51. The van der Waals surface area contributed by atoms with Crippen LogP contribution in [-0.4, -0.2) is 295 Å². The van der Waals surface area contributed by atoms with Gasteiger partial charge in [0.25, 0.3) is 0 Å². The van der Waals surface area contributed by atoms with E-state index in [1.54, 1.807) is 26.8 Å². The number of amides is 12. The third-order valence-electron chi connectivity index (χ3n) is 23.7. The van der Waals surface area contributed by atoms with E-state index in [1.165, 1.54) is 78.7 Å². The van der Waals surface area contributed by atoms with E-state index in [0.29, 0.717) is 31.6 Å². The molecule has 0 aromatic carbocycles. The van der Waals surface area contributed by atoms with Crippen molar-refractivity contribution in [2.45, 2.75) is 276 Å². The van der Waals surface area contributed by atoms with Crippen molar-refractivity contribution in [2.75, 3.05) is 95.3 Å². The van der Waals surface area contributed by atoms with Gasteiger partial charge in [-0.2, -0.15) is 13.2 Å². The number of ether oxygens (including phenoxy) is 2. The van der Waals surface area contributed by atoms with Crippen molar-refractivity contribution in [3.05, 3.63) is 12.2 Å². The fraction of sp³-hybridized carbons (Fsp3) is 0.821. The highest BCUT2D eigenvalue weighted by atomic mass is 19.4. The van der Waals surface area contributed by atoms with Gasteiger partial charge in [-0.15, -0.1) is 0 Å². The smallest absolute Gasteiger partial charge is 0.379 e. The Labute approximate surface area is 641 Å². The molecule has 109 heavy (non-hydrogen) atoms. The van der Waals surface area contributed by atoms with E-state index in [4.69, 9.17) is 9.47 Å². The molecule has 31 heteroatoms. The summed E-state index contributed by atoms with van der Waals surface area (Å²) >= 11 is 0. The van der Waals surface area contributed by atoms with Crippen molar-refractivity contribution in [3.8, 4) is 0 Å². The van der Waals surface area contributed by atoms with Gasteiger partial charge in [-0.3, -0.25) is 57.5 Å². The molecule has 4 aliphatic carbocycles. The van der Waals surface area contributed by atoms with E-state index >= 15 is 42.3 Å². The van der Waals surface area contributed by atoms with Crippen molar-refractivity contribution in [2.24, 2.45) is 40.4 Å². The first kappa shape index (κ1) is 89.2. The maximum Gasteiger partial charge on any atom is 0.397 e. The molecule has 12 atom stereocenters. The average Bonchev–Trinajstić information content (AvgIpc) is 1.73. The summed E-state index contributed by atoms with van der Waals surface area (Å²) in [4.78, 5) is 194. The maximum absolute atomic E-state index is 15.7. The topological polar surface area (TPSA) is 289 Å². The Morgan fingerprint density at radius 1 is 0.670 bits per heavy atom. The SMILES string of the molecule is CCOC[C@H]1C(=O)N[C@@H]([C@@H](C)CC)C(=O)N(C2CC2)CC(=O)N(C)[C@H]2C/C=C\CCN(C2=O)[C@@H](CC2CCC(C)CC2)C(=O)N(C)CC(=O)N[C@@H](CCC2CC(F)C(C(F)(F)F)C(F)C2)C(=O)N2C[C@H](OCC)C[C@H]2C(=O)NC2(CC(C)(C)C2)C(=O)N(C)[C@@H](CC(C)(C)C)C(=O)N(C)[C@H](C(=O)N(C)C)CC(=O)N1C. The van der Waals surface area contributed by atoms with Gasteiger partial charge in [0.05, 0.1) is 25.7 Å². The zero-order valence-electron chi connectivity index (χ0n) is 67.5. The molecule has 26 nitrogen and oxygen atoms in total. The molecule has 2 unspecified atom stereocenters. The molecule has 6 fully saturated rings. The largest absolute Gasteiger partial charge is 0.397 e. The van der Waals surface area contributed by atoms with Gasteiger partial charge in [0, 0.05) is 88.1 Å². The number of hydrogen-bond acceptors (Lipinski definition) is 14. The molecule has 616 valence electrons. The van der Waals surface area contributed by atoms with Gasteiger partial charge in [-0.25, -0.2) is 8.78 Å². The van der Waals surface area contributed by atoms with E-state index in [2.05, 4.69) is 22.9 Å². The van der Waals surface area contributed by atoms with Gasteiger partial charge in [0.2, 0.25) is 70.9 Å². The second kappa shape index (κ2) is 37.5. The van der Waals surface area contributed by atoms with Crippen molar-refractivity contribution < 1.29 is 89.0 Å². The van der Waals surface area contributed by atoms with Gasteiger partial charge < -0.3 is 69.5 Å². The molecule has 7 aliphatic rings. The molecule has 3 N–H and O–H groups in total. The Balaban J connectivity index is 1.35. The summed E-state index contributed by atoms with van der Waals surface area (Å²) in [5.41, 5.74) is -3.06. The van der Waals surface area contributed by atoms with Crippen LogP contribution in [0.5, 0.6) is 0 Å². The summed E-state index contributed by atoms with van der Waals surface area (Å²) in [6, 6.07) is -11.5. The van der Waals surface area contributed by atoms with Gasteiger partial charge in [0.1, 0.15) is 78.7 Å². The third-order valence-corrected chi connectivity index (χ3v) is 23.7. The number of hydrogen-bond donors (Lipinski definition) is 3. The minimum absolute atomic E-state index is 0.0128. The van der Waals surface area contributed by atoms with Gasteiger partial charge in [0.15, 0.2) is 0 Å². The van der Waals surface area contributed by atoms with Gasteiger partial charge in [-0.1, -0.05) is 99.6 Å². The lowest BCUT2D eigenvalue weighted by molar-refractivity contribution is -0.219. The quantitative estimate of drug-likeness (QED) is 0.121. The van der Waals surface area contributed by atoms with Crippen LogP contribution in [0.3, 0.4) is 0 Å². The highest BCUT2D eigenvalue weighted by molar-refractivity contribution is 6.01. The highest BCUT2D eigenvalue weighted by Crippen LogP contribution is 2.50. The van der Waals surface area contributed by atoms with Crippen LogP contribution in [0.4, 0.5) is 22.0 Å². The first-order chi connectivity index (χ1) is 50.9. The number of alkyl halides is 5. The molecule has 1 spiro atoms. The van der Waals surface area contributed by atoms with Crippen molar-refractivity contribution in [1.29, 1.82) is 0 Å². The minimum atomic E-state index is -5.18. The zero-order chi connectivity index (χ0) is 81.3. The van der Waals surface area contributed by atoms with E-state index in [1.807, 2.05) is 47.6 Å². The fourth-order valence-electron chi connectivity index (χ4n) is 17.1. The summed E-state index contributed by atoms with van der Waals surface area (Å²) in [5, 5.41) is 8.63. The van der Waals surface area contributed by atoms with Crippen LogP contribution in [0.25, 0.3) is 0 Å². The Bertz CT molecular complexity index is 3270. The highest BCUT2D eigenvalue weighted by Gasteiger charge is 2.60. The molecule has 12 amide bonds. The monoisotopic (exact) mass is 1550 g/mol. The van der Waals surface area contributed by atoms with Crippen LogP contribution in [-0.2, 0) is 67.0 Å². The van der Waals surface area contributed by atoms with Gasteiger partial charge >= 0.3 is 6.18 Å². The molecule has 7 rings (SSSR count). The Hall–Kier alpha value is -7.05. The minimum Gasteiger partial charge on any atom is -0.379 e. The van der Waals surface area contributed by atoms with Crippen LogP contribution in [0.2, 0.25) is 0 Å². The molecule has 2 saturated heterocycles. The molecule has 0 aromatic heterocycles. The molecule has 3 aliphatic heterocycles. The second-order valence-corrected chi connectivity index (χ2v) is 34.5. The number of halogens is 5. The Kier molecular flexibility index (Phi) is 30.7. The fourth-order valence-corrected chi connectivity index (χ4v) is 17.1.